The standard InChI is InChI=1S/C10H18N4O2S/c1-2-3-4-5-6-7-17-10-11-12-13-14(10)8-9(15)16/h2-8H2,1H3,(H,15,16). The zero-order chi connectivity index (χ0) is 12.5. The molecule has 0 atom stereocenters. The maximum atomic E-state index is 10.5. The second kappa shape index (κ2) is 8.05. The molecule has 0 aliphatic rings. The molecule has 6 nitrogen and oxygen atoms in total. The number of nitrogens with zero attached hydrogens (tertiary/aromatic N) is 4. The summed E-state index contributed by atoms with van der Waals surface area (Å²) in [5, 5.41) is 20.2. The van der Waals surface area contributed by atoms with Crippen molar-refractivity contribution < 1.29 is 9.90 Å². The number of unbranched alkanes of at least 4 members (excludes halogenated alkanes) is 4. The number of hydrogen-bond donors (Lipinski definition) is 1. The molecular weight excluding hydrogens is 240 g/mol. The summed E-state index contributed by atoms with van der Waals surface area (Å²) >= 11 is 1.52. The summed E-state index contributed by atoms with van der Waals surface area (Å²) in [7, 11) is 0. The van der Waals surface area contributed by atoms with E-state index in [1.807, 2.05) is 0 Å². The first kappa shape index (κ1) is 14.0. The minimum Gasteiger partial charge on any atom is -0.480 e. The Labute approximate surface area is 105 Å². The first-order valence-corrected chi connectivity index (χ1v) is 6.83. The van der Waals surface area contributed by atoms with E-state index < -0.39 is 5.97 Å². The summed E-state index contributed by atoms with van der Waals surface area (Å²) < 4.78 is 1.32. The number of carboxylic acids is 1. The number of carboxylic acid groups (broad SMARTS) is 1. The number of hydrogen-bond acceptors (Lipinski definition) is 5. The molecule has 1 heterocycles. The zero-order valence-corrected chi connectivity index (χ0v) is 10.8. The number of rotatable bonds is 9. The molecule has 0 aliphatic heterocycles. The Morgan fingerprint density at radius 2 is 2.12 bits per heavy atom. The van der Waals surface area contributed by atoms with Crippen molar-refractivity contribution in [1.82, 2.24) is 20.2 Å². The predicted octanol–water partition coefficient (Wildman–Crippen LogP) is 1.82. The van der Waals surface area contributed by atoms with Crippen LogP contribution in [0.25, 0.3) is 0 Å². The Hall–Kier alpha value is -1.11. The van der Waals surface area contributed by atoms with Crippen molar-refractivity contribution in [2.45, 2.75) is 50.7 Å². The first-order chi connectivity index (χ1) is 8.24. The Kier molecular flexibility index (Phi) is 6.61. The van der Waals surface area contributed by atoms with E-state index in [0.29, 0.717) is 5.16 Å². The lowest BCUT2D eigenvalue weighted by Crippen LogP contribution is -2.11. The lowest BCUT2D eigenvalue weighted by atomic mass is 10.2. The summed E-state index contributed by atoms with van der Waals surface area (Å²) in [6.45, 7) is 2.01. The van der Waals surface area contributed by atoms with Gasteiger partial charge in [-0.2, -0.15) is 0 Å². The topological polar surface area (TPSA) is 80.9 Å². The minimum atomic E-state index is -0.929. The molecule has 0 unspecified atom stereocenters. The van der Waals surface area contributed by atoms with Gasteiger partial charge in [-0.3, -0.25) is 4.79 Å². The van der Waals surface area contributed by atoms with E-state index in [1.54, 1.807) is 0 Å². The van der Waals surface area contributed by atoms with Gasteiger partial charge in [-0.15, -0.1) is 5.10 Å². The Morgan fingerprint density at radius 3 is 2.82 bits per heavy atom. The molecule has 0 spiro atoms. The van der Waals surface area contributed by atoms with Crippen molar-refractivity contribution in [2.24, 2.45) is 0 Å². The summed E-state index contributed by atoms with van der Waals surface area (Å²) in [5.41, 5.74) is 0. The van der Waals surface area contributed by atoms with Crippen LogP contribution in [-0.4, -0.2) is 37.0 Å². The fraction of sp³-hybridized carbons (Fsp3) is 0.800. The Morgan fingerprint density at radius 1 is 1.35 bits per heavy atom. The van der Waals surface area contributed by atoms with Gasteiger partial charge in [0.05, 0.1) is 0 Å². The van der Waals surface area contributed by atoms with Crippen molar-refractivity contribution in [3.8, 4) is 0 Å². The molecule has 96 valence electrons. The zero-order valence-electron chi connectivity index (χ0n) is 10.0. The summed E-state index contributed by atoms with van der Waals surface area (Å²) in [6, 6.07) is 0. The summed E-state index contributed by atoms with van der Waals surface area (Å²) in [5.74, 6) is 0.00562. The van der Waals surface area contributed by atoms with E-state index in [1.165, 1.54) is 42.1 Å². The molecule has 1 aromatic rings. The fourth-order valence-corrected chi connectivity index (χ4v) is 2.27. The van der Waals surface area contributed by atoms with Crippen LogP contribution in [0.5, 0.6) is 0 Å². The minimum absolute atomic E-state index is 0.175. The molecule has 7 heteroatoms. The van der Waals surface area contributed by atoms with Gasteiger partial charge in [0.15, 0.2) is 0 Å². The largest absolute Gasteiger partial charge is 0.480 e. The number of aromatic nitrogens is 4. The highest BCUT2D eigenvalue weighted by Gasteiger charge is 2.09. The van der Waals surface area contributed by atoms with E-state index in [0.717, 1.165) is 12.2 Å². The number of carbonyl (C=O) groups is 1. The first-order valence-electron chi connectivity index (χ1n) is 5.84. The van der Waals surface area contributed by atoms with E-state index >= 15 is 0 Å². The van der Waals surface area contributed by atoms with Crippen LogP contribution in [0.1, 0.15) is 39.0 Å². The van der Waals surface area contributed by atoms with Gasteiger partial charge in [0.1, 0.15) is 6.54 Å². The van der Waals surface area contributed by atoms with Gasteiger partial charge in [-0.25, -0.2) is 4.68 Å². The Bertz CT molecular complexity index is 343. The van der Waals surface area contributed by atoms with Crippen LogP contribution in [0.4, 0.5) is 0 Å². The van der Waals surface area contributed by atoms with E-state index in [9.17, 15) is 4.79 Å². The van der Waals surface area contributed by atoms with Gasteiger partial charge < -0.3 is 5.11 Å². The summed E-state index contributed by atoms with van der Waals surface area (Å²) in [4.78, 5) is 10.5. The number of aliphatic carboxylic acids is 1. The van der Waals surface area contributed by atoms with Gasteiger partial charge in [0.2, 0.25) is 5.16 Å². The van der Waals surface area contributed by atoms with Gasteiger partial charge in [-0.1, -0.05) is 44.4 Å². The SMILES string of the molecule is CCCCCCCSc1nnnn1CC(=O)O. The van der Waals surface area contributed by atoms with E-state index in [2.05, 4.69) is 22.4 Å². The quantitative estimate of drug-likeness (QED) is 0.537. The monoisotopic (exact) mass is 258 g/mol. The highest BCUT2D eigenvalue weighted by atomic mass is 32.2. The van der Waals surface area contributed by atoms with Crippen LogP contribution in [0, 0.1) is 0 Å². The van der Waals surface area contributed by atoms with Crippen LogP contribution in [0.2, 0.25) is 0 Å². The van der Waals surface area contributed by atoms with Crippen LogP contribution in [0.3, 0.4) is 0 Å². The lowest BCUT2D eigenvalue weighted by Gasteiger charge is -2.01. The smallest absolute Gasteiger partial charge is 0.325 e. The highest BCUT2D eigenvalue weighted by molar-refractivity contribution is 7.99. The van der Waals surface area contributed by atoms with Gasteiger partial charge in [0, 0.05) is 5.75 Å². The molecular formula is C10H18N4O2S. The molecule has 0 fully saturated rings. The maximum Gasteiger partial charge on any atom is 0.325 e. The summed E-state index contributed by atoms with van der Waals surface area (Å²) in [6.07, 6.45) is 6.11. The molecule has 0 aliphatic carbocycles. The Balaban J connectivity index is 2.22. The normalized spacial score (nSPS) is 10.6. The highest BCUT2D eigenvalue weighted by Crippen LogP contribution is 2.16. The third-order valence-electron chi connectivity index (χ3n) is 2.26. The third kappa shape index (κ3) is 5.67. The van der Waals surface area contributed by atoms with E-state index in [4.69, 9.17) is 5.11 Å². The molecule has 0 saturated carbocycles. The molecule has 0 saturated heterocycles. The molecule has 0 radical (unpaired) electrons. The van der Waals surface area contributed by atoms with Crippen LogP contribution in [0.15, 0.2) is 5.16 Å². The molecule has 17 heavy (non-hydrogen) atoms. The predicted molar refractivity (Wildman–Crippen MR) is 64.9 cm³/mol. The van der Waals surface area contributed by atoms with Crippen LogP contribution >= 0.6 is 11.8 Å². The molecule has 0 amide bonds. The van der Waals surface area contributed by atoms with Crippen LogP contribution < -0.4 is 0 Å². The van der Waals surface area contributed by atoms with Crippen molar-refractivity contribution in [3.05, 3.63) is 0 Å². The van der Waals surface area contributed by atoms with Gasteiger partial charge in [-0.05, 0) is 16.8 Å². The van der Waals surface area contributed by atoms with Crippen molar-refractivity contribution in [1.29, 1.82) is 0 Å². The molecule has 1 N–H and O–H groups in total. The van der Waals surface area contributed by atoms with Gasteiger partial charge >= 0.3 is 5.97 Å². The fourth-order valence-electron chi connectivity index (χ4n) is 1.40. The van der Waals surface area contributed by atoms with Crippen molar-refractivity contribution >= 4 is 17.7 Å². The maximum absolute atomic E-state index is 10.5. The van der Waals surface area contributed by atoms with Crippen molar-refractivity contribution in [2.75, 3.05) is 5.75 Å². The number of thioether (sulfide) groups is 1. The molecule has 1 aromatic heterocycles. The lowest BCUT2D eigenvalue weighted by molar-refractivity contribution is -0.138. The van der Waals surface area contributed by atoms with E-state index in [-0.39, 0.29) is 6.54 Å². The molecule has 0 bridgehead atoms. The van der Waals surface area contributed by atoms with Crippen LogP contribution in [-0.2, 0) is 11.3 Å². The second-order valence-electron chi connectivity index (χ2n) is 3.78. The molecule has 0 aromatic carbocycles. The van der Waals surface area contributed by atoms with Crippen molar-refractivity contribution in [3.63, 3.8) is 0 Å². The van der Waals surface area contributed by atoms with Gasteiger partial charge in [0.25, 0.3) is 0 Å². The number of tetrazole rings is 1. The third-order valence-corrected chi connectivity index (χ3v) is 3.31. The second-order valence-corrected chi connectivity index (χ2v) is 4.84. The average Bonchev–Trinajstić information content (AvgIpc) is 2.70. The average molecular weight is 258 g/mol. The molecule has 1 rings (SSSR count).